The molecular weight excluding hydrogens is 308 g/mol. The van der Waals surface area contributed by atoms with Gasteiger partial charge in [0.2, 0.25) is 5.91 Å². The van der Waals surface area contributed by atoms with Crippen molar-refractivity contribution in [3.05, 3.63) is 42.0 Å². The van der Waals surface area contributed by atoms with Crippen molar-refractivity contribution < 1.29 is 19.0 Å². The lowest BCUT2D eigenvalue weighted by molar-refractivity contribution is -0.116. The van der Waals surface area contributed by atoms with Gasteiger partial charge in [-0.05, 0) is 48.4 Å². The van der Waals surface area contributed by atoms with Crippen LogP contribution in [0.5, 0.6) is 17.2 Å². The fraction of sp³-hybridized carbons (Fsp3) is 0.278. The molecule has 0 aliphatic rings. The summed E-state index contributed by atoms with van der Waals surface area (Å²) in [6, 6.07) is 10.7. The maximum atomic E-state index is 12.2. The van der Waals surface area contributed by atoms with Crippen LogP contribution in [0.25, 0.3) is 0 Å². The third kappa shape index (κ3) is 4.32. The average molecular weight is 330 g/mol. The lowest BCUT2D eigenvalue weighted by Gasteiger charge is -2.11. The lowest BCUT2D eigenvalue weighted by Crippen LogP contribution is -2.13. The first-order valence-corrected chi connectivity index (χ1v) is 7.51. The predicted molar refractivity (Wildman–Crippen MR) is 93.9 cm³/mol. The summed E-state index contributed by atoms with van der Waals surface area (Å²) in [4.78, 5) is 12.2. The van der Waals surface area contributed by atoms with Gasteiger partial charge in [0.25, 0.3) is 0 Å². The number of amides is 1. The maximum absolute atomic E-state index is 12.2. The SMILES string of the molecule is COc1ccc(OC)c(CCC(=O)Nc2ccc(OC)c(N)c2)c1. The predicted octanol–water partition coefficient (Wildman–Crippen LogP) is 2.87. The molecular formula is C18H22N2O4. The third-order valence-electron chi connectivity index (χ3n) is 3.62. The number of methoxy groups -OCH3 is 3. The monoisotopic (exact) mass is 330 g/mol. The molecule has 0 spiro atoms. The van der Waals surface area contributed by atoms with Crippen LogP contribution in [-0.2, 0) is 11.2 Å². The lowest BCUT2D eigenvalue weighted by atomic mass is 10.1. The second-order valence-electron chi connectivity index (χ2n) is 5.18. The van der Waals surface area contributed by atoms with Crippen LogP contribution < -0.4 is 25.3 Å². The second-order valence-corrected chi connectivity index (χ2v) is 5.18. The minimum atomic E-state index is -0.107. The molecule has 128 valence electrons. The first kappa shape index (κ1) is 17.5. The van der Waals surface area contributed by atoms with Crippen LogP contribution >= 0.6 is 0 Å². The summed E-state index contributed by atoms with van der Waals surface area (Å²) in [7, 11) is 4.75. The van der Waals surface area contributed by atoms with Crippen LogP contribution in [0.3, 0.4) is 0 Å². The molecule has 2 rings (SSSR count). The molecule has 0 fully saturated rings. The van der Waals surface area contributed by atoms with Crippen LogP contribution in [0.1, 0.15) is 12.0 Å². The van der Waals surface area contributed by atoms with Gasteiger partial charge in [-0.2, -0.15) is 0 Å². The number of anilines is 2. The summed E-state index contributed by atoms with van der Waals surface area (Å²) < 4.78 is 15.6. The first-order valence-electron chi connectivity index (χ1n) is 7.51. The number of nitrogens with one attached hydrogen (secondary N) is 1. The number of ether oxygens (including phenoxy) is 3. The van der Waals surface area contributed by atoms with Crippen LogP contribution in [0, 0.1) is 0 Å². The van der Waals surface area contributed by atoms with Crippen molar-refractivity contribution in [3.63, 3.8) is 0 Å². The van der Waals surface area contributed by atoms with Crippen molar-refractivity contribution in [2.75, 3.05) is 32.4 Å². The Balaban J connectivity index is 1.99. The van der Waals surface area contributed by atoms with Gasteiger partial charge in [0, 0.05) is 12.1 Å². The van der Waals surface area contributed by atoms with E-state index in [2.05, 4.69) is 5.32 Å². The van der Waals surface area contributed by atoms with Crippen LogP contribution in [0.4, 0.5) is 11.4 Å². The van der Waals surface area contributed by atoms with Gasteiger partial charge in [-0.15, -0.1) is 0 Å². The Labute approximate surface area is 141 Å². The van der Waals surface area contributed by atoms with Crippen LogP contribution in [0.2, 0.25) is 0 Å². The molecule has 2 aromatic rings. The van der Waals surface area contributed by atoms with Crippen molar-refractivity contribution in [3.8, 4) is 17.2 Å². The van der Waals surface area contributed by atoms with E-state index in [1.165, 1.54) is 0 Å². The number of rotatable bonds is 7. The molecule has 3 N–H and O–H groups in total. The number of carbonyl (C=O) groups excluding carboxylic acids is 1. The minimum Gasteiger partial charge on any atom is -0.497 e. The number of carbonyl (C=O) groups is 1. The van der Waals surface area contributed by atoms with Crippen molar-refractivity contribution in [2.45, 2.75) is 12.8 Å². The molecule has 2 aromatic carbocycles. The fourth-order valence-electron chi connectivity index (χ4n) is 2.36. The van der Waals surface area contributed by atoms with Gasteiger partial charge in [-0.1, -0.05) is 0 Å². The first-order chi connectivity index (χ1) is 11.6. The van der Waals surface area contributed by atoms with E-state index in [1.807, 2.05) is 18.2 Å². The number of benzene rings is 2. The summed E-state index contributed by atoms with van der Waals surface area (Å²) in [6.45, 7) is 0. The van der Waals surface area contributed by atoms with Gasteiger partial charge in [0.05, 0.1) is 27.0 Å². The molecule has 0 aliphatic carbocycles. The topological polar surface area (TPSA) is 82.8 Å². The molecule has 1 amide bonds. The van der Waals surface area contributed by atoms with Gasteiger partial charge in [0.15, 0.2) is 0 Å². The van der Waals surface area contributed by atoms with Crippen molar-refractivity contribution >= 4 is 17.3 Å². The average Bonchev–Trinajstić information content (AvgIpc) is 2.59. The smallest absolute Gasteiger partial charge is 0.224 e. The zero-order chi connectivity index (χ0) is 17.5. The Bertz CT molecular complexity index is 716. The molecule has 0 saturated carbocycles. The Morgan fingerprint density at radius 1 is 1.00 bits per heavy atom. The Kier molecular flexibility index (Phi) is 5.89. The summed E-state index contributed by atoms with van der Waals surface area (Å²) in [5, 5.41) is 2.82. The molecule has 0 heterocycles. The quantitative estimate of drug-likeness (QED) is 0.763. The highest BCUT2D eigenvalue weighted by Gasteiger charge is 2.09. The Morgan fingerprint density at radius 3 is 2.33 bits per heavy atom. The fourth-order valence-corrected chi connectivity index (χ4v) is 2.36. The number of hydrogen-bond donors (Lipinski definition) is 2. The molecule has 0 bridgehead atoms. The van der Waals surface area contributed by atoms with Crippen LogP contribution in [0.15, 0.2) is 36.4 Å². The van der Waals surface area contributed by atoms with E-state index >= 15 is 0 Å². The standard InChI is InChI=1S/C18H22N2O4/c1-22-14-6-8-16(23-2)12(10-14)4-9-18(21)20-13-5-7-17(24-3)15(19)11-13/h5-8,10-11H,4,9,19H2,1-3H3,(H,20,21). The molecule has 0 atom stereocenters. The van der Waals surface area contributed by atoms with Gasteiger partial charge in [-0.3, -0.25) is 4.79 Å². The van der Waals surface area contributed by atoms with E-state index in [9.17, 15) is 4.79 Å². The number of aryl methyl sites for hydroxylation is 1. The molecule has 0 radical (unpaired) electrons. The minimum absolute atomic E-state index is 0.107. The van der Waals surface area contributed by atoms with E-state index in [4.69, 9.17) is 19.9 Å². The number of hydrogen-bond acceptors (Lipinski definition) is 5. The summed E-state index contributed by atoms with van der Waals surface area (Å²) >= 11 is 0. The van der Waals surface area contributed by atoms with E-state index < -0.39 is 0 Å². The molecule has 0 aliphatic heterocycles. The molecule has 6 heteroatoms. The summed E-state index contributed by atoms with van der Waals surface area (Å²) in [5.41, 5.74) is 7.87. The van der Waals surface area contributed by atoms with Crippen molar-refractivity contribution in [2.24, 2.45) is 0 Å². The van der Waals surface area contributed by atoms with Crippen LogP contribution in [-0.4, -0.2) is 27.2 Å². The van der Waals surface area contributed by atoms with E-state index in [0.29, 0.717) is 30.0 Å². The third-order valence-corrected chi connectivity index (χ3v) is 3.62. The normalized spacial score (nSPS) is 10.1. The molecule has 0 saturated heterocycles. The van der Waals surface area contributed by atoms with E-state index in [1.54, 1.807) is 39.5 Å². The van der Waals surface area contributed by atoms with Gasteiger partial charge in [0.1, 0.15) is 17.2 Å². The van der Waals surface area contributed by atoms with Gasteiger partial charge < -0.3 is 25.3 Å². The zero-order valence-electron chi connectivity index (χ0n) is 14.1. The highest BCUT2D eigenvalue weighted by Crippen LogP contribution is 2.26. The summed E-state index contributed by atoms with van der Waals surface area (Å²) in [6.07, 6.45) is 0.854. The largest absolute Gasteiger partial charge is 0.497 e. The highest BCUT2D eigenvalue weighted by molar-refractivity contribution is 5.91. The summed E-state index contributed by atoms with van der Waals surface area (Å²) in [5.74, 6) is 1.94. The highest BCUT2D eigenvalue weighted by atomic mass is 16.5. The van der Waals surface area contributed by atoms with Crippen molar-refractivity contribution in [1.82, 2.24) is 0 Å². The van der Waals surface area contributed by atoms with Crippen molar-refractivity contribution in [1.29, 1.82) is 0 Å². The zero-order valence-corrected chi connectivity index (χ0v) is 14.1. The molecule has 6 nitrogen and oxygen atoms in total. The molecule has 0 unspecified atom stereocenters. The van der Waals surface area contributed by atoms with Gasteiger partial charge >= 0.3 is 0 Å². The number of nitrogens with two attached hydrogens (primary N) is 1. The van der Waals surface area contributed by atoms with Gasteiger partial charge in [-0.25, -0.2) is 0 Å². The molecule has 24 heavy (non-hydrogen) atoms. The Hall–Kier alpha value is -2.89. The van der Waals surface area contributed by atoms with E-state index in [-0.39, 0.29) is 5.91 Å². The number of nitrogen functional groups attached to an aromatic ring is 1. The second kappa shape index (κ2) is 8.10. The molecule has 0 aromatic heterocycles. The Morgan fingerprint density at radius 2 is 1.71 bits per heavy atom. The van der Waals surface area contributed by atoms with E-state index in [0.717, 1.165) is 17.1 Å². The maximum Gasteiger partial charge on any atom is 0.224 e.